The third-order valence-corrected chi connectivity index (χ3v) is 6.11. The molecular weight excluding hydrogens is 324 g/mol. The molecule has 23 heavy (non-hydrogen) atoms. The van der Waals surface area contributed by atoms with E-state index in [1.54, 1.807) is 15.9 Å². The molecule has 1 aliphatic rings. The Labute approximate surface area is 143 Å². The second kappa shape index (κ2) is 5.73. The molecule has 0 amide bonds. The summed E-state index contributed by atoms with van der Waals surface area (Å²) >= 11 is 7.16. The molecule has 118 valence electrons. The van der Waals surface area contributed by atoms with Gasteiger partial charge >= 0.3 is 0 Å². The van der Waals surface area contributed by atoms with E-state index in [0.29, 0.717) is 17.2 Å². The maximum absolute atomic E-state index is 13.1. The molecule has 2 heterocycles. The van der Waals surface area contributed by atoms with Crippen molar-refractivity contribution < 1.29 is 0 Å². The van der Waals surface area contributed by atoms with E-state index >= 15 is 0 Å². The van der Waals surface area contributed by atoms with E-state index in [0.717, 1.165) is 35.0 Å². The molecule has 0 fully saturated rings. The molecule has 5 heteroatoms. The minimum absolute atomic E-state index is 0.0552. The lowest BCUT2D eigenvalue weighted by Crippen LogP contribution is -2.23. The van der Waals surface area contributed by atoms with Crippen LogP contribution in [0, 0.1) is 10.7 Å². The van der Waals surface area contributed by atoms with Gasteiger partial charge in [-0.1, -0.05) is 37.3 Å². The number of nitrogens with zero attached hydrogens (tertiary/aromatic N) is 1. The van der Waals surface area contributed by atoms with E-state index in [-0.39, 0.29) is 5.56 Å². The summed E-state index contributed by atoms with van der Waals surface area (Å²) in [6, 6.07) is 10.00. The first-order valence-corrected chi connectivity index (χ1v) is 9.17. The first-order valence-electron chi connectivity index (χ1n) is 7.95. The molecular formula is C18H18N2OS2. The molecule has 1 unspecified atom stereocenters. The first-order chi connectivity index (χ1) is 11.1. The number of benzene rings is 1. The van der Waals surface area contributed by atoms with Gasteiger partial charge in [-0.2, -0.15) is 0 Å². The van der Waals surface area contributed by atoms with E-state index < -0.39 is 0 Å². The van der Waals surface area contributed by atoms with E-state index in [4.69, 9.17) is 12.2 Å². The summed E-state index contributed by atoms with van der Waals surface area (Å²) in [5.74, 6) is 0.699. The molecule has 4 rings (SSSR count). The van der Waals surface area contributed by atoms with Crippen molar-refractivity contribution >= 4 is 33.8 Å². The van der Waals surface area contributed by atoms with Gasteiger partial charge in [0.2, 0.25) is 0 Å². The zero-order valence-corrected chi connectivity index (χ0v) is 14.6. The second-order valence-electron chi connectivity index (χ2n) is 6.36. The molecule has 0 bridgehead atoms. The summed E-state index contributed by atoms with van der Waals surface area (Å²) in [6.07, 6.45) is 3.24. The Morgan fingerprint density at radius 3 is 2.91 bits per heavy atom. The van der Waals surface area contributed by atoms with Crippen molar-refractivity contribution in [2.75, 3.05) is 0 Å². The van der Waals surface area contributed by atoms with Crippen LogP contribution in [-0.2, 0) is 19.4 Å². The standard InChI is InChI=1S/C18H18N2OS2/c1-11-7-8-13-14(9-11)23-16-15(13)17(21)20(18(22)19-16)10-12-5-3-2-4-6-12/h2-6,11H,7-10H2,1H3,(H,19,22). The van der Waals surface area contributed by atoms with E-state index in [2.05, 4.69) is 11.9 Å². The fourth-order valence-corrected chi connectivity index (χ4v) is 5.08. The van der Waals surface area contributed by atoms with Gasteiger partial charge in [0.05, 0.1) is 11.9 Å². The van der Waals surface area contributed by atoms with Crippen molar-refractivity contribution in [1.82, 2.24) is 9.55 Å². The van der Waals surface area contributed by atoms with Gasteiger partial charge < -0.3 is 4.98 Å². The zero-order chi connectivity index (χ0) is 16.0. The van der Waals surface area contributed by atoms with Crippen molar-refractivity contribution in [3.63, 3.8) is 0 Å². The van der Waals surface area contributed by atoms with Crippen LogP contribution in [0.3, 0.4) is 0 Å². The Kier molecular flexibility index (Phi) is 3.70. The third kappa shape index (κ3) is 2.58. The summed E-state index contributed by atoms with van der Waals surface area (Å²) in [5, 5.41) is 0.862. The molecule has 0 saturated heterocycles. The van der Waals surface area contributed by atoms with Crippen LogP contribution in [0.25, 0.3) is 10.2 Å². The highest BCUT2D eigenvalue weighted by atomic mass is 32.1. The van der Waals surface area contributed by atoms with Crippen molar-refractivity contribution in [2.24, 2.45) is 5.92 Å². The van der Waals surface area contributed by atoms with Gasteiger partial charge in [0.15, 0.2) is 4.77 Å². The third-order valence-electron chi connectivity index (χ3n) is 4.62. The van der Waals surface area contributed by atoms with Crippen LogP contribution in [0.2, 0.25) is 0 Å². The maximum atomic E-state index is 13.1. The van der Waals surface area contributed by atoms with Gasteiger partial charge in [-0.3, -0.25) is 9.36 Å². The van der Waals surface area contributed by atoms with Gasteiger partial charge in [-0.25, -0.2) is 0 Å². The van der Waals surface area contributed by atoms with Crippen LogP contribution in [0.15, 0.2) is 35.1 Å². The van der Waals surface area contributed by atoms with Crippen molar-refractivity contribution in [3.05, 3.63) is 61.5 Å². The summed E-state index contributed by atoms with van der Waals surface area (Å²) in [4.78, 5) is 18.6. The van der Waals surface area contributed by atoms with Gasteiger partial charge in [0, 0.05) is 4.88 Å². The topological polar surface area (TPSA) is 37.8 Å². The second-order valence-corrected chi connectivity index (χ2v) is 7.85. The van der Waals surface area contributed by atoms with Gasteiger partial charge in [-0.15, -0.1) is 11.3 Å². The smallest absolute Gasteiger partial charge is 0.263 e. The predicted molar refractivity (Wildman–Crippen MR) is 98.0 cm³/mol. The minimum Gasteiger partial charge on any atom is -0.323 e. The quantitative estimate of drug-likeness (QED) is 0.705. The lowest BCUT2D eigenvalue weighted by molar-refractivity contribution is 0.509. The number of rotatable bonds is 2. The normalized spacial score (nSPS) is 17.3. The molecule has 0 spiro atoms. The van der Waals surface area contributed by atoms with E-state index in [1.807, 2.05) is 30.3 Å². The molecule has 0 radical (unpaired) electrons. The van der Waals surface area contributed by atoms with Crippen LogP contribution in [0.4, 0.5) is 0 Å². The monoisotopic (exact) mass is 342 g/mol. The average Bonchev–Trinajstić information content (AvgIpc) is 2.89. The minimum atomic E-state index is 0.0552. The molecule has 2 aromatic heterocycles. The molecule has 1 aromatic carbocycles. The van der Waals surface area contributed by atoms with Crippen molar-refractivity contribution in [1.29, 1.82) is 0 Å². The van der Waals surface area contributed by atoms with Gasteiger partial charge in [0.1, 0.15) is 4.83 Å². The zero-order valence-electron chi connectivity index (χ0n) is 13.0. The van der Waals surface area contributed by atoms with Crippen LogP contribution in [-0.4, -0.2) is 9.55 Å². The number of fused-ring (bicyclic) bond motifs is 3. The van der Waals surface area contributed by atoms with Crippen LogP contribution in [0.1, 0.15) is 29.3 Å². The fraction of sp³-hybridized carbons (Fsp3) is 0.333. The van der Waals surface area contributed by atoms with Gasteiger partial charge in [-0.05, 0) is 48.5 Å². The van der Waals surface area contributed by atoms with Gasteiger partial charge in [0.25, 0.3) is 5.56 Å². The highest BCUT2D eigenvalue weighted by molar-refractivity contribution is 7.71. The Morgan fingerprint density at radius 2 is 2.13 bits per heavy atom. The number of hydrogen-bond acceptors (Lipinski definition) is 3. The Bertz CT molecular complexity index is 982. The van der Waals surface area contributed by atoms with Crippen LogP contribution in [0.5, 0.6) is 0 Å². The van der Waals surface area contributed by atoms with E-state index in [1.165, 1.54) is 10.4 Å². The summed E-state index contributed by atoms with van der Waals surface area (Å²) in [6.45, 7) is 2.80. The number of H-pyrrole nitrogens is 1. The summed E-state index contributed by atoms with van der Waals surface area (Å²) < 4.78 is 2.20. The SMILES string of the molecule is CC1CCc2c(sc3[nH]c(=S)n(Cc4ccccc4)c(=O)c23)C1. The first kappa shape index (κ1) is 14.8. The summed E-state index contributed by atoms with van der Waals surface area (Å²) in [5.41, 5.74) is 2.40. The van der Waals surface area contributed by atoms with Crippen molar-refractivity contribution in [3.8, 4) is 0 Å². The number of aromatic nitrogens is 2. The Morgan fingerprint density at radius 1 is 1.35 bits per heavy atom. The molecule has 0 saturated carbocycles. The summed E-state index contributed by atoms with van der Waals surface area (Å²) in [7, 11) is 0. The number of nitrogens with one attached hydrogen (secondary N) is 1. The number of thiophene rings is 1. The van der Waals surface area contributed by atoms with Crippen molar-refractivity contribution in [2.45, 2.75) is 32.7 Å². The molecule has 1 aliphatic carbocycles. The molecule has 3 nitrogen and oxygen atoms in total. The molecule has 0 aliphatic heterocycles. The number of aromatic amines is 1. The molecule has 3 aromatic rings. The highest BCUT2D eigenvalue weighted by Crippen LogP contribution is 2.35. The molecule has 1 atom stereocenters. The van der Waals surface area contributed by atoms with Crippen LogP contribution >= 0.6 is 23.6 Å². The lowest BCUT2D eigenvalue weighted by atomic mass is 9.89. The Hall–Kier alpha value is -1.72. The lowest BCUT2D eigenvalue weighted by Gasteiger charge is -2.17. The highest BCUT2D eigenvalue weighted by Gasteiger charge is 2.23. The number of aryl methyl sites for hydroxylation is 1. The fourth-order valence-electron chi connectivity index (χ4n) is 3.37. The number of hydrogen-bond donors (Lipinski definition) is 1. The van der Waals surface area contributed by atoms with E-state index in [9.17, 15) is 4.79 Å². The van der Waals surface area contributed by atoms with Crippen LogP contribution < -0.4 is 5.56 Å². The predicted octanol–water partition coefficient (Wildman–Crippen LogP) is 4.29. The maximum Gasteiger partial charge on any atom is 0.263 e. The average molecular weight is 342 g/mol. The Balaban J connectivity index is 1.90. The largest absolute Gasteiger partial charge is 0.323 e. The molecule has 1 N–H and O–H groups in total.